The second-order valence-corrected chi connectivity index (χ2v) is 6.77. The van der Waals surface area contributed by atoms with Crippen molar-refractivity contribution >= 4 is 40.9 Å². The fraction of sp³-hybridized carbons (Fsp3) is 0.200. The van der Waals surface area contributed by atoms with Gasteiger partial charge >= 0.3 is 5.97 Å². The molecule has 0 aliphatic carbocycles. The van der Waals surface area contributed by atoms with E-state index in [1.807, 2.05) is 31.2 Å². The van der Waals surface area contributed by atoms with Gasteiger partial charge in [-0.2, -0.15) is 5.10 Å². The van der Waals surface area contributed by atoms with Crippen molar-refractivity contribution in [3.8, 4) is 0 Å². The standard InChI is InChI=1S/C20H20N4O3S/c1-3-24-17-7-5-4-6-16(17)22-20(24)28-13-18(25)23-21-12-14-8-10-15(11-9-14)19(26)27-2/h4-12H,3,13H2,1-2H3,(H,23,25). The number of methoxy groups -OCH3 is 1. The van der Waals surface area contributed by atoms with E-state index < -0.39 is 5.97 Å². The first kappa shape index (κ1) is 19.6. The quantitative estimate of drug-likeness (QED) is 0.287. The van der Waals surface area contributed by atoms with Gasteiger partial charge in [-0.3, -0.25) is 4.79 Å². The van der Waals surface area contributed by atoms with E-state index in [0.717, 1.165) is 28.3 Å². The van der Waals surface area contributed by atoms with Gasteiger partial charge in [-0.05, 0) is 36.8 Å². The van der Waals surface area contributed by atoms with Gasteiger partial charge in [0.15, 0.2) is 5.16 Å². The van der Waals surface area contributed by atoms with Gasteiger partial charge in [0.25, 0.3) is 5.91 Å². The molecule has 1 heterocycles. The average molecular weight is 396 g/mol. The van der Waals surface area contributed by atoms with Crippen molar-refractivity contribution in [2.45, 2.75) is 18.6 Å². The lowest BCUT2D eigenvalue weighted by molar-refractivity contribution is -0.118. The van der Waals surface area contributed by atoms with E-state index in [2.05, 4.69) is 24.8 Å². The molecule has 0 bridgehead atoms. The second kappa shape index (κ2) is 9.18. The third-order valence-corrected chi connectivity index (χ3v) is 4.98. The van der Waals surface area contributed by atoms with Crippen LogP contribution < -0.4 is 5.43 Å². The molecule has 0 atom stereocenters. The molecule has 7 nitrogen and oxygen atoms in total. The largest absolute Gasteiger partial charge is 0.465 e. The van der Waals surface area contributed by atoms with Crippen molar-refractivity contribution in [1.29, 1.82) is 0 Å². The molecule has 0 saturated carbocycles. The Balaban J connectivity index is 1.55. The highest BCUT2D eigenvalue weighted by Gasteiger charge is 2.11. The highest BCUT2D eigenvalue weighted by molar-refractivity contribution is 7.99. The Morgan fingerprint density at radius 3 is 2.68 bits per heavy atom. The van der Waals surface area contributed by atoms with E-state index in [0.29, 0.717) is 5.56 Å². The maximum absolute atomic E-state index is 12.1. The summed E-state index contributed by atoms with van der Waals surface area (Å²) in [4.78, 5) is 28.0. The molecule has 3 rings (SSSR count). The van der Waals surface area contributed by atoms with Crippen molar-refractivity contribution in [1.82, 2.24) is 15.0 Å². The lowest BCUT2D eigenvalue weighted by Gasteiger charge is -2.05. The summed E-state index contributed by atoms with van der Waals surface area (Å²) in [6, 6.07) is 14.6. The number of para-hydroxylation sites is 2. The second-order valence-electron chi connectivity index (χ2n) is 5.82. The Hall–Kier alpha value is -3.13. The van der Waals surface area contributed by atoms with Gasteiger partial charge < -0.3 is 9.30 Å². The number of amides is 1. The molecular formula is C20H20N4O3S. The number of benzene rings is 2. The molecule has 1 aromatic heterocycles. The summed E-state index contributed by atoms with van der Waals surface area (Å²) in [5.41, 5.74) is 5.69. The number of rotatable bonds is 7. The molecule has 0 saturated heterocycles. The predicted molar refractivity (Wildman–Crippen MR) is 110 cm³/mol. The van der Waals surface area contributed by atoms with Crippen LogP contribution in [0.3, 0.4) is 0 Å². The minimum absolute atomic E-state index is 0.210. The summed E-state index contributed by atoms with van der Waals surface area (Å²) in [5, 5.41) is 4.76. The van der Waals surface area contributed by atoms with Crippen LogP contribution in [-0.2, 0) is 16.1 Å². The van der Waals surface area contributed by atoms with Crippen LogP contribution in [0.5, 0.6) is 0 Å². The summed E-state index contributed by atoms with van der Waals surface area (Å²) in [5.74, 6) is -0.406. The number of nitrogens with one attached hydrogen (secondary N) is 1. The topological polar surface area (TPSA) is 85.6 Å². The van der Waals surface area contributed by atoms with E-state index in [1.165, 1.54) is 25.1 Å². The number of hydrogen-bond acceptors (Lipinski definition) is 6. The number of aromatic nitrogens is 2. The molecule has 0 spiro atoms. The molecule has 0 fully saturated rings. The van der Waals surface area contributed by atoms with Crippen molar-refractivity contribution in [3.63, 3.8) is 0 Å². The predicted octanol–water partition coefficient (Wildman–Crippen LogP) is 3.09. The zero-order chi connectivity index (χ0) is 19.9. The summed E-state index contributed by atoms with van der Waals surface area (Å²) < 4.78 is 6.73. The van der Waals surface area contributed by atoms with Gasteiger partial charge in [0.1, 0.15) is 0 Å². The van der Waals surface area contributed by atoms with Crippen molar-refractivity contribution < 1.29 is 14.3 Å². The van der Waals surface area contributed by atoms with Crippen LogP contribution in [0.4, 0.5) is 0 Å². The SMILES string of the molecule is CCn1c(SCC(=O)NN=Cc2ccc(C(=O)OC)cc2)nc2ccccc21. The normalized spacial score (nSPS) is 11.1. The van der Waals surface area contributed by atoms with Crippen LogP contribution >= 0.6 is 11.8 Å². The van der Waals surface area contributed by atoms with Crippen LogP contribution in [0.25, 0.3) is 11.0 Å². The van der Waals surface area contributed by atoms with Gasteiger partial charge in [0, 0.05) is 6.54 Å². The number of imidazole rings is 1. The lowest BCUT2D eigenvalue weighted by Crippen LogP contribution is -2.20. The van der Waals surface area contributed by atoms with Gasteiger partial charge in [-0.15, -0.1) is 0 Å². The van der Waals surface area contributed by atoms with Crippen LogP contribution in [-0.4, -0.2) is 40.5 Å². The van der Waals surface area contributed by atoms with Crippen LogP contribution in [0.15, 0.2) is 58.8 Å². The van der Waals surface area contributed by atoms with Gasteiger partial charge in [-0.1, -0.05) is 36.0 Å². The van der Waals surface area contributed by atoms with E-state index in [4.69, 9.17) is 0 Å². The molecule has 3 aromatic rings. The number of ether oxygens (including phenoxy) is 1. The highest BCUT2D eigenvalue weighted by Crippen LogP contribution is 2.23. The lowest BCUT2D eigenvalue weighted by atomic mass is 10.1. The maximum Gasteiger partial charge on any atom is 0.337 e. The monoisotopic (exact) mass is 396 g/mol. The summed E-state index contributed by atoms with van der Waals surface area (Å²) in [6.07, 6.45) is 1.52. The molecule has 1 amide bonds. The molecule has 1 N–H and O–H groups in total. The van der Waals surface area contributed by atoms with Crippen molar-refractivity contribution in [3.05, 3.63) is 59.7 Å². The summed E-state index contributed by atoms with van der Waals surface area (Å²) in [6.45, 7) is 2.83. The van der Waals surface area contributed by atoms with E-state index in [9.17, 15) is 9.59 Å². The average Bonchev–Trinajstić information content (AvgIpc) is 3.09. The van der Waals surface area contributed by atoms with E-state index in [1.54, 1.807) is 24.3 Å². The van der Waals surface area contributed by atoms with Crippen LogP contribution in [0.2, 0.25) is 0 Å². The molecular weight excluding hydrogens is 376 g/mol. The number of hydrogen-bond donors (Lipinski definition) is 1. The first-order valence-electron chi connectivity index (χ1n) is 8.70. The molecule has 0 aliphatic heterocycles. The Kier molecular flexibility index (Phi) is 6.44. The highest BCUT2D eigenvalue weighted by atomic mass is 32.2. The minimum atomic E-state index is -0.396. The Morgan fingerprint density at radius 2 is 1.96 bits per heavy atom. The molecule has 0 aliphatic rings. The molecule has 0 unspecified atom stereocenters. The third-order valence-electron chi connectivity index (χ3n) is 4.00. The number of carbonyl (C=O) groups is 2. The molecule has 2 aromatic carbocycles. The van der Waals surface area contributed by atoms with Crippen molar-refractivity contribution in [2.75, 3.05) is 12.9 Å². The smallest absolute Gasteiger partial charge is 0.337 e. The third kappa shape index (κ3) is 4.58. The number of aryl methyl sites for hydroxylation is 1. The number of esters is 1. The first-order chi connectivity index (χ1) is 13.6. The molecule has 144 valence electrons. The summed E-state index contributed by atoms with van der Waals surface area (Å²) >= 11 is 1.37. The number of hydrazone groups is 1. The number of carbonyl (C=O) groups excluding carboxylic acids is 2. The Labute approximate surface area is 166 Å². The number of thioether (sulfide) groups is 1. The zero-order valence-electron chi connectivity index (χ0n) is 15.6. The Morgan fingerprint density at radius 1 is 1.21 bits per heavy atom. The van der Waals surface area contributed by atoms with Gasteiger partial charge in [0.05, 0.1) is 35.7 Å². The summed E-state index contributed by atoms with van der Waals surface area (Å²) in [7, 11) is 1.33. The minimum Gasteiger partial charge on any atom is -0.465 e. The number of nitrogens with zero attached hydrogens (tertiary/aromatic N) is 3. The van der Waals surface area contributed by atoms with E-state index >= 15 is 0 Å². The van der Waals surface area contributed by atoms with Crippen LogP contribution in [0.1, 0.15) is 22.8 Å². The maximum atomic E-state index is 12.1. The van der Waals surface area contributed by atoms with E-state index in [-0.39, 0.29) is 11.7 Å². The fourth-order valence-corrected chi connectivity index (χ4v) is 3.50. The Bertz CT molecular complexity index is 1010. The van der Waals surface area contributed by atoms with Crippen LogP contribution in [0, 0.1) is 0 Å². The zero-order valence-corrected chi connectivity index (χ0v) is 16.4. The fourth-order valence-electron chi connectivity index (χ4n) is 2.63. The molecule has 28 heavy (non-hydrogen) atoms. The molecule has 0 radical (unpaired) electrons. The molecule has 8 heteroatoms. The number of fused-ring (bicyclic) bond motifs is 1. The first-order valence-corrected chi connectivity index (χ1v) is 9.69. The van der Waals surface area contributed by atoms with Crippen molar-refractivity contribution in [2.24, 2.45) is 5.10 Å². The van der Waals surface area contributed by atoms with Gasteiger partial charge in [0.2, 0.25) is 0 Å². The van der Waals surface area contributed by atoms with Gasteiger partial charge in [-0.25, -0.2) is 15.2 Å².